The largest absolute Gasteiger partial charge is 0.379 e. The van der Waals surface area contributed by atoms with Gasteiger partial charge >= 0.3 is 0 Å². The Morgan fingerprint density at radius 2 is 2.03 bits per heavy atom. The third-order valence-corrected chi connectivity index (χ3v) is 9.24. The zero-order valence-electron chi connectivity index (χ0n) is 19.8. The number of fused-ring (bicyclic) bond motifs is 3. The van der Waals surface area contributed by atoms with Gasteiger partial charge in [0.2, 0.25) is 5.91 Å². The van der Waals surface area contributed by atoms with E-state index in [1.165, 1.54) is 18.2 Å². The molecule has 3 fully saturated rings. The molecule has 1 saturated heterocycles. The molecule has 1 aliphatic heterocycles. The van der Waals surface area contributed by atoms with Gasteiger partial charge in [0, 0.05) is 29.6 Å². The maximum absolute atomic E-state index is 12.7. The number of benzene rings is 1. The third kappa shape index (κ3) is 4.29. The number of nitrogens with one attached hydrogen (secondary N) is 1. The second-order valence-electron chi connectivity index (χ2n) is 10.2. The highest BCUT2D eigenvalue weighted by molar-refractivity contribution is 8.00. The minimum absolute atomic E-state index is 0.0888. The van der Waals surface area contributed by atoms with Crippen LogP contribution < -0.4 is 5.43 Å². The molecule has 2 aromatic rings. The van der Waals surface area contributed by atoms with Crippen LogP contribution >= 0.6 is 11.8 Å². The van der Waals surface area contributed by atoms with E-state index < -0.39 is 0 Å². The van der Waals surface area contributed by atoms with Crippen molar-refractivity contribution >= 4 is 34.3 Å². The SMILES string of the molecule is CC12CCC(C/C1=N/NC(=O)CSc1nc(CN3CCOCC3)nc3ccccc13)C2(C)C. The summed E-state index contributed by atoms with van der Waals surface area (Å²) >= 11 is 1.46. The van der Waals surface area contributed by atoms with Crippen molar-refractivity contribution in [1.82, 2.24) is 20.3 Å². The van der Waals surface area contributed by atoms with E-state index in [1.807, 2.05) is 24.3 Å². The van der Waals surface area contributed by atoms with E-state index in [4.69, 9.17) is 14.7 Å². The minimum atomic E-state index is -0.0888. The molecule has 2 saturated carbocycles. The average Bonchev–Trinajstić information content (AvgIpc) is 3.15. The van der Waals surface area contributed by atoms with Crippen molar-refractivity contribution in [1.29, 1.82) is 0 Å². The number of morpholine rings is 1. The monoisotopic (exact) mass is 467 g/mol. The molecule has 1 aromatic heterocycles. The molecule has 8 heteroatoms. The smallest absolute Gasteiger partial charge is 0.250 e. The first-order valence-corrected chi connectivity index (χ1v) is 12.9. The Balaban J connectivity index is 1.26. The molecule has 3 aliphatic rings. The lowest BCUT2D eigenvalue weighted by Gasteiger charge is -2.34. The van der Waals surface area contributed by atoms with Crippen molar-refractivity contribution < 1.29 is 9.53 Å². The van der Waals surface area contributed by atoms with Crippen molar-refractivity contribution in [2.24, 2.45) is 21.8 Å². The highest BCUT2D eigenvalue weighted by Crippen LogP contribution is 2.63. The Morgan fingerprint density at radius 1 is 1.24 bits per heavy atom. The van der Waals surface area contributed by atoms with Gasteiger partial charge in [-0.15, -0.1) is 0 Å². The van der Waals surface area contributed by atoms with Crippen LogP contribution in [-0.2, 0) is 16.1 Å². The number of rotatable bonds is 6. The van der Waals surface area contributed by atoms with E-state index in [0.29, 0.717) is 12.5 Å². The van der Waals surface area contributed by atoms with Crippen LogP contribution in [0.4, 0.5) is 0 Å². The molecule has 1 aromatic carbocycles. The highest BCUT2D eigenvalue weighted by Gasteiger charge is 2.60. The van der Waals surface area contributed by atoms with Crippen LogP contribution in [0.3, 0.4) is 0 Å². The number of aromatic nitrogens is 2. The van der Waals surface area contributed by atoms with Crippen LogP contribution in [-0.4, -0.2) is 58.5 Å². The standard InChI is InChI=1S/C25H33N5O2S/c1-24(2)17-8-9-25(24,3)20(14-17)28-29-22(31)16-33-23-18-6-4-5-7-19(18)26-21(27-23)15-30-10-12-32-13-11-30/h4-7,17H,8-16H2,1-3H3,(H,29,31)/b28-20-. The predicted octanol–water partition coefficient (Wildman–Crippen LogP) is 3.87. The van der Waals surface area contributed by atoms with Gasteiger partial charge in [0.15, 0.2) is 0 Å². The van der Waals surface area contributed by atoms with Gasteiger partial charge in [-0.05, 0) is 36.7 Å². The van der Waals surface area contributed by atoms with E-state index in [2.05, 4.69) is 36.2 Å². The molecule has 0 radical (unpaired) electrons. The number of para-hydroxylation sites is 1. The van der Waals surface area contributed by atoms with E-state index in [9.17, 15) is 4.79 Å². The zero-order chi connectivity index (χ0) is 23.1. The summed E-state index contributed by atoms with van der Waals surface area (Å²) in [5.41, 5.74) is 5.25. The normalized spacial score (nSPS) is 28.0. The number of carbonyl (C=O) groups excluding carboxylic acids is 1. The van der Waals surface area contributed by atoms with E-state index in [0.717, 1.165) is 66.6 Å². The maximum atomic E-state index is 12.7. The van der Waals surface area contributed by atoms with E-state index in [1.54, 1.807) is 0 Å². The maximum Gasteiger partial charge on any atom is 0.250 e. The van der Waals surface area contributed by atoms with Gasteiger partial charge in [0.1, 0.15) is 10.9 Å². The van der Waals surface area contributed by atoms with E-state index in [-0.39, 0.29) is 22.5 Å². The Kier molecular flexibility index (Phi) is 6.18. The fraction of sp³-hybridized carbons (Fsp3) is 0.600. The molecule has 2 aliphatic carbocycles. The summed E-state index contributed by atoms with van der Waals surface area (Å²) in [6, 6.07) is 8.00. The van der Waals surface area contributed by atoms with Crippen molar-refractivity contribution in [3.05, 3.63) is 30.1 Å². The lowest BCUT2D eigenvalue weighted by Crippen LogP contribution is -2.36. The number of hydrogen-bond donors (Lipinski definition) is 1. The predicted molar refractivity (Wildman–Crippen MR) is 131 cm³/mol. The van der Waals surface area contributed by atoms with Gasteiger partial charge in [-0.2, -0.15) is 5.10 Å². The van der Waals surface area contributed by atoms with Crippen molar-refractivity contribution in [3.63, 3.8) is 0 Å². The lowest BCUT2D eigenvalue weighted by molar-refractivity contribution is -0.118. The second kappa shape index (κ2) is 8.96. The first-order chi connectivity index (χ1) is 15.9. The van der Waals surface area contributed by atoms with Crippen LogP contribution in [0.5, 0.6) is 0 Å². The molecule has 2 heterocycles. The quantitative estimate of drug-likeness (QED) is 0.395. The summed E-state index contributed by atoms with van der Waals surface area (Å²) in [6.07, 6.45) is 3.42. The molecule has 2 bridgehead atoms. The fourth-order valence-corrected chi connectivity index (χ4v) is 6.46. The van der Waals surface area contributed by atoms with Gasteiger partial charge in [-0.1, -0.05) is 50.7 Å². The Hall–Kier alpha value is -2.03. The summed E-state index contributed by atoms with van der Waals surface area (Å²) < 4.78 is 5.45. The molecule has 2 unspecified atom stereocenters. The highest BCUT2D eigenvalue weighted by atomic mass is 32.2. The number of hydrogen-bond acceptors (Lipinski definition) is 7. The number of thioether (sulfide) groups is 1. The first-order valence-electron chi connectivity index (χ1n) is 11.9. The van der Waals surface area contributed by atoms with Gasteiger partial charge < -0.3 is 4.74 Å². The van der Waals surface area contributed by atoms with Crippen molar-refractivity contribution in [2.45, 2.75) is 51.6 Å². The molecule has 5 rings (SSSR count). The lowest BCUT2D eigenvalue weighted by atomic mass is 9.70. The van der Waals surface area contributed by atoms with Crippen LogP contribution in [0, 0.1) is 16.7 Å². The van der Waals surface area contributed by atoms with Crippen LogP contribution in [0.15, 0.2) is 34.4 Å². The van der Waals surface area contributed by atoms with Gasteiger partial charge in [0.05, 0.1) is 31.0 Å². The second-order valence-corrected chi connectivity index (χ2v) is 11.2. The number of hydrazone groups is 1. The number of ether oxygens (including phenoxy) is 1. The van der Waals surface area contributed by atoms with Crippen molar-refractivity contribution in [3.8, 4) is 0 Å². The molecule has 7 nitrogen and oxygen atoms in total. The van der Waals surface area contributed by atoms with Gasteiger partial charge in [-0.3, -0.25) is 9.69 Å². The summed E-state index contributed by atoms with van der Waals surface area (Å²) in [5.74, 6) is 1.65. The molecular weight excluding hydrogens is 434 g/mol. The Labute approximate surface area is 199 Å². The molecule has 0 spiro atoms. The number of nitrogens with zero attached hydrogens (tertiary/aromatic N) is 4. The van der Waals surface area contributed by atoms with Crippen LogP contribution in [0.1, 0.15) is 45.9 Å². The molecular formula is C25H33N5O2S. The third-order valence-electron chi connectivity index (χ3n) is 8.25. The molecule has 176 valence electrons. The summed E-state index contributed by atoms with van der Waals surface area (Å²) in [4.78, 5) is 24.6. The molecule has 33 heavy (non-hydrogen) atoms. The van der Waals surface area contributed by atoms with Gasteiger partial charge in [0.25, 0.3) is 0 Å². The molecule has 2 atom stereocenters. The first kappa shape index (κ1) is 22.7. The summed E-state index contributed by atoms with van der Waals surface area (Å²) in [5, 5.41) is 6.42. The summed E-state index contributed by atoms with van der Waals surface area (Å²) in [7, 11) is 0. The Morgan fingerprint density at radius 3 is 2.76 bits per heavy atom. The van der Waals surface area contributed by atoms with Crippen molar-refractivity contribution in [2.75, 3.05) is 32.1 Å². The van der Waals surface area contributed by atoms with Crippen LogP contribution in [0.2, 0.25) is 0 Å². The summed E-state index contributed by atoms with van der Waals surface area (Å²) in [6.45, 7) is 11.0. The average molecular weight is 468 g/mol. The minimum Gasteiger partial charge on any atom is -0.379 e. The Bertz CT molecular complexity index is 1080. The zero-order valence-corrected chi connectivity index (χ0v) is 20.6. The molecule has 1 amide bonds. The fourth-order valence-electron chi connectivity index (χ4n) is 5.63. The van der Waals surface area contributed by atoms with Crippen LogP contribution in [0.25, 0.3) is 10.9 Å². The van der Waals surface area contributed by atoms with Gasteiger partial charge in [-0.25, -0.2) is 15.4 Å². The number of carbonyl (C=O) groups is 1. The number of amides is 1. The topological polar surface area (TPSA) is 79.7 Å². The molecule has 1 N–H and O–H groups in total. The van der Waals surface area contributed by atoms with E-state index >= 15 is 0 Å².